The van der Waals surface area contributed by atoms with Crippen LogP contribution in [0.2, 0.25) is 0 Å². The van der Waals surface area contributed by atoms with Gasteiger partial charge in [0, 0.05) is 10.2 Å². The number of fused-ring (bicyclic) bond motifs is 1. The second-order valence-electron chi connectivity index (χ2n) is 5.77. The molecule has 6 nitrogen and oxygen atoms in total. The molecule has 0 spiro atoms. The second-order valence-corrected chi connectivity index (χ2v) is 6.62. The SMILES string of the molecule is O=C(Nc1ccc2c(Br)cccc2c1)C(c1ccccc1)n1cnnn1. The average molecular weight is 408 g/mol. The van der Waals surface area contributed by atoms with Crippen LogP contribution < -0.4 is 5.32 Å². The van der Waals surface area contributed by atoms with E-state index in [1.807, 2.05) is 66.7 Å². The normalized spacial score (nSPS) is 12.0. The number of aromatic nitrogens is 4. The van der Waals surface area contributed by atoms with Gasteiger partial charge in [0.2, 0.25) is 0 Å². The first-order chi connectivity index (χ1) is 12.7. The number of benzene rings is 3. The lowest BCUT2D eigenvalue weighted by atomic mass is 10.1. The highest BCUT2D eigenvalue weighted by Crippen LogP contribution is 2.27. The Balaban J connectivity index is 1.67. The van der Waals surface area contributed by atoms with Crippen LogP contribution in [0, 0.1) is 0 Å². The number of hydrogen-bond acceptors (Lipinski definition) is 4. The van der Waals surface area contributed by atoms with Crippen LogP contribution in [-0.4, -0.2) is 26.1 Å². The Kier molecular flexibility index (Phi) is 4.45. The van der Waals surface area contributed by atoms with Crippen LogP contribution in [0.25, 0.3) is 10.8 Å². The Morgan fingerprint density at radius 2 is 1.88 bits per heavy atom. The zero-order valence-electron chi connectivity index (χ0n) is 13.6. The van der Waals surface area contributed by atoms with E-state index < -0.39 is 6.04 Å². The fourth-order valence-electron chi connectivity index (χ4n) is 2.88. The lowest BCUT2D eigenvalue weighted by molar-refractivity contribution is -0.118. The average Bonchev–Trinajstić information content (AvgIpc) is 3.17. The molecule has 0 aliphatic heterocycles. The summed E-state index contributed by atoms with van der Waals surface area (Å²) in [6.45, 7) is 0. The van der Waals surface area contributed by atoms with Gasteiger partial charge < -0.3 is 5.32 Å². The summed E-state index contributed by atoms with van der Waals surface area (Å²) in [5, 5.41) is 16.3. The highest BCUT2D eigenvalue weighted by atomic mass is 79.9. The van der Waals surface area contributed by atoms with Crippen LogP contribution in [0.4, 0.5) is 5.69 Å². The lowest BCUT2D eigenvalue weighted by Gasteiger charge is -2.17. The van der Waals surface area contributed by atoms with Crippen LogP contribution in [0.3, 0.4) is 0 Å². The highest BCUT2D eigenvalue weighted by molar-refractivity contribution is 9.10. The molecule has 1 aromatic heterocycles. The van der Waals surface area contributed by atoms with Crippen LogP contribution in [0.5, 0.6) is 0 Å². The number of rotatable bonds is 4. The predicted octanol–water partition coefficient (Wildman–Crippen LogP) is 3.82. The van der Waals surface area contributed by atoms with Crippen molar-refractivity contribution >= 4 is 38.3 Å². The summed E-state index contributed by atoms with van der Waals surface area (Å²) in [6, 6.07) is 20.5. The first-order valence-corrected chi connectivity index (χ1v) is 8.78. The molecule has 1 N–H and O–H groups in total. The molecule has 0 aliphatic rings. The molecular weight excluding hydrogens is 394 g/mol. The summed E-state index contributed by atoms with van der Waals surface area (Å²) in [4.78, 5) is 13.0. The summed E-state index contributed by atoms with van der Waals surface area (Å²) in [7, 11) is 0. The number of anilines is 1. The van der Waals surface area contributed by atoms with E-state index in [1.54, 1.807) is 0 Å². The molecule has 128 valence electrons. The fourth-order valence-corrected chi connectivity index (χ4v) is 3.39. The van der Waals surface area contributed by atoms with Gasteiger partial charge in [0.15, 0.2) is 6.04 Å². The van der Waals surface area contributed by atoms with Gasteiger partial charge in [-0.2, -0.15) is 0 Å². The van der Waals surface area contributed by atoms with E-state index in [2.05, 4.69) is 36.8 Å². The first-order valence-electron chi connectivity index (χ1n) is 7.99. The molecule has 0 saturated heterocycles. The zero-order chi connectivity index (χ0) is 17.9. The lowest BCUT2D eigenvalue weighted by Crippen LogP contribution is -2.27. The number of halogens is 1. The van der Waals surface area contributed by atoms with E-state index in [9.17, 15) is 4.79 Å². The van der Waals surface area contributed by atoms with Gasteiger partial charge in [0.25, 0.3) is 5.91 Å². The third-order valence-electron chi connectivity index (χ3n) is 4.09. The number of amides is 1. The Hall–Kier alpha value is -3.06. The van der Waals surface area contributed by atoms with Crippen molar-refractivity contribution in [3.05, 3.63) is 83.1 Å². The topological polar surface area (TPSA) is 72.7 Å². The summed E-state index contributed by atoms with van der Waals surface area (Å²) in [6.07, 6.45) is 1.44. The predicted molar refractivity (Wildman–Crippen MR) is 103 cm³/mol. The number of hydrogen-bond donors (Lipinski definition) is 1. The van der Waals surface area contributed by atoms with Crippen LogP contribution in [0.1, 0.15) is 11.6 Å². The second kappa shape index (κ2) is 7.05. The van der Waals surface area contributed by atoms with Gasteiger partial charge in [0.1, 0.15) is 6.33 Å². The summed E-state index contributed by atoms with van der Waals surface area (Å²) < 4.78 is 2.46. The van der Waals surface area contributed by atoms with Gasteiger partial charge in [0.05, 0.1) is 0 Å². The van der Waals surface area contributed by atoms with Gasteiger partial charge in [-0.05, 0) is 45.0 Å². The molecular formula is C19H14BrN5O. The standard InChI is InChI=1S/C19H14BrN5O/c20-17-8-4-7-14-11-15(9-10-16(14)17)22-19(26)18(25-12-21-23-24-25)13-5-2-1-3-6-13/h1-12,18H,(H,22,26). The fraction of sp³-hybridized carbons (Fsp3) is 0.0526. The zero-order valence-corrected chi connectivity index (χ0v) is 15.2. The third-order valence-corrected chi connectivity index (χ3v) is 4.78. The van der Waals surface area contributed by atoms with Crippen molar-refractivity contribution in [1.29, 1.82) is 0 Å². The van der Waals surface area contributed by atoms with Crippen molar-refractivity contribution < 1.29 is 4.79 Å². The van der Waals surface area contributed by atoms with Crippen molar-refractivity contribution in [3.63, 3.8) is 0 Å². The Labute approximate surface area is 158 Å². The monoisotopic (exact) mass is 407 g/mol. The minimum atomic E-state index is -0.649. The number of carbonyl (C=O) groups excluding carboxylic acids is 1. The van der Waals surface area contributed by atoms with Crippen LogP contribution in [-0.2, 0) is 4.79 Å². The maximum absolute atomic E-state index is 13.0. The largest absolute Gasteiger partial charge is 0.324 e. The van der Waals surface area contributed by atoms with Crippen molar-refractivity contribution in [3.8, 4) is 0 Å². The van der Waals surface area contributed by atoms with Crippen molar-refractivity contribution in [2.24, 2.45) is 0 Å². The van der Waals surface area contributed by atoms with Crippen molar-refractivity contribution in [1.82, 2.24) is 20.2 Å². The van der Waals surface area contributed by atoms with E-state index >= 15 is 0 Å². The Bertz CT molecular complexity index is 1050. The van der Waals surface area contributed by atoms with Gasteiger partial charge in [-0.3, -0.25) is 4.79 Å². The van der Waals surface area contributed by atoms with Gasteiger partial charge in [-0.1, -0.05) is 64.5 Å². The van der Waals surface area contributed by atoms with E-state index in [-0.39, 0.29) is 5.91 Å². The number of carbonyl (C=O) groups is 1. The molecule has 3 aromatic carbocycles. The molecule has 0 radical (unpaired) electrons. The molecule has 0 fully saturated rings. The summed E-state index contributed by atoms with van der Waals surface area (Å²) >= 11 is 3.54. The molecule has 1 unspecified atom stereocenters. The molecule has 0 bridgehead atoms. The number of nitrogens with one attached hydrogen (secondary N) is 1. The van der Waals surface area contributed by atoms with Crippen LogP contribution >= 0.6 is 15.9 Å². The minimum absolute atomic E-state index is 0.210. The van der Waals surface area contributed by atoms with E-state index in [0.29, 0.717) is 0 Å². The molecule has 0 aliphatic carbocycles. The smallest absolute Gasteiger partial charge is 0.253 e. The molecule has 26 heavy (non-hydrogen) atoms. The number of tetrazole rings is 1. The molecule has 4 rings (SSSR count). The maximum atomic E-state index is 13.0. The highest BCUT2D eigenvalue weighted by Gasteiger charge is 2.24. The maximum Gasteiger partial charge on any atom is 0.253 e. The van der Waals surface area contributed by atoms with Crippen molar-refractivity contribution in [2.45, 2.75) is 6.04 Å². The Morgan fingerprint density at radius 1 is 1.04 bits per heavy atom. The molecule has 1 amide bonds. The van der Waals surface area contributed by atoms with E-state index in [1.165, 1.54) is 11.0 Å². The molecule has 7 heteroatoms. The van der Waals surface area contributed by atoms with Gasteiger partial charge >= 0.3 is 0 Å². The van der Waals surface area contributed by atoms with Crippen molar-refractivity contribution in [2.75, 3.05) is 5.32 Å². The van der Waals surface area contributed by atoms with Gasteiger partial charge in [-0.15, -0.1) is 5.10 Å². The quantitative estimate of drug-likeness (QED) is 0.557. The van der Waals surface area contributed by atoms with E-state index in [4.69, 9.17) is 0 Å². The Morgan fingerprint density at radius 3 is 2.65 bits per heavy atom. The summed E-state index contributed by atoms with van der Waals surface area (Å²) in [5.74, 6) is -0.210. The first kappa shape index (κ1) is 16.4. The number of nitrogens with zero attached hydrogens (tertiary/aromatic N) is 4. The minimum Gasteiger partial charge on any atom is -0.324 e. The van der Waals surface area contributed by atoms with E-state index in [0.717, 1.165) is 26.5 Å². The van der Waals surface area contributed by atoms with Gasteiger partial charge in [-0.25, -0.2) is 4.68 Å². The third kappa shape index (κ3) is 3.21. The molecule has 1 atom stereocenters. The summed E-state index contributed by atoms with van der Waals surface area (Å²) in [5.41, 5.74) is 1.52. The van der Waals surface area contributed by atoms with Crippen LogP contribution in [0.15, 0.2) is 77.5 Å². The molecule has 1 heterocycles. The molecule has 4 aromatic rings. The molecule has 0 saturated carbocycles.